The van der Waals surface area contributed by atoms with Gasteiger partial charge in [-0.1, -0.05) is 0 Å². The maximum absolute atomic E-state index is 10.6. The van der Waals surface area contributed by atoms with Crippen molar-refractivity contribution in [3.63, 3.8) is 0 Å². The SMILES string of the molecule is CO[n+]1cccc(CNc2cc(N3CCC[C@H]3C(C)(C)O)nc3c(Br)cnn23)c1. The van der Waals surface area contributed by atoms with Crippen molar-refractivity contribution < 1.29 is 14.7 Å². The summed E-state index contributed by atoms with van der Waals surface area (Å²) < 4.78 is 4.28. The molecule has 0 aliphatic carbocycles. The van der Waals surface area contributed by atoms with Crippen molar-refractivity contribution >= 4 is 33.2 Å². The third kappa shape index (κ3) is 4.02. The maximum Gasteiger partial charge on any atom is 0.227 e. The average molecular weight is 462 g/mol. The highest BCUT2D eigenvalue weighted by molar-refractivity contribution is 9.10. The van der Waals surface area contributed by atoms with E-state index in [4.69, 9.17) is 9.82 Å². The Balaban J connectivity index is 1.68. The van der Waals surface area contributed by atoms with E-state index in [1.54, 1.807) is 22.6 Å². The fraction of sp³-hybridized carbons (Fsp3) is 0.450. The van der Waals surface area contributed by atoms with Gasteiger partial charge in [0, 0.05) is 35.5 Å². The van der Waals surface area contributed by atoms with Crippen molar-refractivity contribution in [3.8, 4) is 0 Å². The van der Waals surface area contributed by atoms with Crippen LogP contribution in [0.4, 0.5) is 11.6 Å². The second kappa shape index (κ2) is 7.79. The molecule has 0 aromatic carbocycles. The molecule has 4 heterocycles. The lowest BCUT2D eigenvalue weighted by Gasteiger charge is -2.34. The topological polar surface area (TPSA) is 78.8 Å². The molecule has 9 heteroatoms. The molecule has 8 nitrogen and oxygen atoms in total. The molecule has 3 aromatic rings. The fourth-order valence-corrected chi connectivity index (χ4v) is 4.23. The van der Waals surface area contributed by atoms with Crippen LogP contribution < -0.4 is 19.8 Å². The molecule has 1 aliphatic heterocycles. The summed E-state index contributed by atoms with van der Waals surface area (Å²) in [4.78, 5) is 12.3. The van der Waals surface area contributed by atoms with Crippen molar-refractivity contribution in [1.29, 1.82) is 0 Å². The van der Waals surface area contributed by atoms with Gasteiger partial charge in [0.1, 0.15) is 18.7 Å². The van der Waals surface area contributed by atoms with Gasteiger partial charge in [-0.2, -0.15) is 9.61 Å². The number of hydrogen-bond acceptors (Lipinski definition) is 6. The number of anilines is 2. The van der Waals surface area contributed by atoms with Crippen molar-refractivity contribution in [2.75, 3.05) is 23.9 Å². The second-order valence-electron chi connectivity index (χ2n) is 7.84. The van der Waals surface area contributed by atoms with Gasteiger partial charge in [-0.05, 0) is 48.7 Å². The summed E-state index contributed by atoms with van der Waals surface area (Å²) in [6, 6.07) is 6.01. The molecule has 1 aliphatic rings. The van der Waals surface area contributed by atoms with Crippen LogP contribution in [0, 0.1) is 0 Å². The zero-order valence-corrected chi connectivity index (χ0v) is 18.4. The van der Waals surface area contributed by atoms with E-state index >= 15 is 0 Å². The molecule has 0 amide bonds. The summed E-state index contributed by atoms with van der Waals surface area (Å²) in [6.07, 6.45) is 7.50. The summed E-state index contributed by atoms with van der Waals surface area (Å²) in [5.41, 5.74) is 1.02. The van der Waals surface area contributed by atoms with Crippen molar-refractivity contribution in [1.82, 2.24) is 14.6 Å². The van der Waals surface area contributed by atoms with Crippen LogP contribution in [0.15, 0.2) is 41.3 Å². The molecule has 0 radical (unpaired) electrons. The van der Waals surface area contributed by atoms with Gasteiger partial charge in [-0.25, -0.2) is 4.98 Å². The van der Waals surface area contributed by atoms with Gasteiger partial charge in [0.2, 0.25) is 12.4 Å². The molecule has 3 aromatic heterocycles. The van der Waals surface area contributed by atoms with E-state index in [1.807, 2.05) is 44.4 Å². The van der Waals surface area contributed by atoms with Crippen LogP contribution in [0.5, 0.6) is 0 Å². The molecular weight excluding hydrogens is 436 g/mol. The summed E-state index contributed by atoms with van der Waals surface area (Å²) in [6.45, 7) is 5.20. The lowest BCUT2D eigenvalue weighted by atomic mass is 9.97. The van der Waals surface area contributed by atoms with E-state index < -0.39 is 5.60 Å². The van der Waals surface area contributed by atoms with Gasteiger partial charge in [0.05, 0.1) is 22.3 Å². The smallest absolute Gasteiger partial charge is 0.227 e. The van der Waals surface area contributed by atoms with Crippen molar-refractivity contribution in [2.24, 2.45) is 0 Å². The first-order valence-electron chi connectivity index (χ1n) is 9.68. The number of nitrogens with one attached hydrogen (secondary N) is 1. The van der Waals surface area contributed by atoms with E-state index in [9.17, 15) is 5.11 Å². The minimum atomic E-state index is -0.798. The van der Waals surface area contributed by atoms with E-state index in [-0.39, 0.29) is 6.04 Å². The largest absolute Gasteiger partial charge is 0.388 e. The highest BCUT2D eigenvalue weighted by atomic mass is 79.9. The van der Waals surface area contributed by atoms with E-state index in [1.165, 1.54) is 0 Å². The fourth-order valence-electron chi connectivity index (χ4n) is 3.88. The van der Waals surface area contributed by atoms with Gasteiger partial charge in [-0.3, -0.25) is 4.84 Å². The maximum atomic E-state index is 10.6. The minimum absolute atomic E-state index is 0.0294. The molecule has 4 rings (SSSR count). The molecule has 29 heavy (non-hydrogen) atoms. The van der Waals surface area contributed by atoms with Crippen LogP contribution >= 0.6 is 15.9 Å². The Bertz CT molecular complexity index is 1020. The third-order valence-corrected chi connectivity index (χ3v) is 5.86. The Morgan fingerprint density at radius 1 is 1.45 bits per heavy atom. The highest BCUT2D eigenvalue weighted by Gasteiger charge is 2.37. The molecule has 0 saturated carbocycles. The second-order valence-corrected chi connectivity index (χ2v) is 8.70. The Labute approximate surface area is 178 Å². The molecule has 1 fully saturated rings. The summed E-state index contributed by atoms with van der Waals surface area (Å²) >= 11 is 3.55. The molecular formula is C20H26BrN6O2+. The first-order valence-corrected chi connectivity index (χ1v) is 10.5. The first kappa shape index (κ1) is 19.9. The molecule has 2 N–H and O–H groups in total. The van der Waals surface area contributed by atoms with Crippen LogP contribution in [0.3, 0.4) is 0 Å². The minimum Gasteiger partial charge on any atom is -0.388 e. The standard InChI is InChI=1S/C20H26BrN6O2/c1-20(2,28)16-7-5-9-26(16)18-10-17(27-19(24-18)15(21)12-23-27)22-11-14-6-4-8-25(13-14)29-3/h4,6,8,10,12-13,16,22,28H,5,7,9,11H2,1-3H3/q+1/t16-/m0/s1. The van der Waals surface area contributed by atoms with Crippen LogP contribution in [0.2, 0.25) is 0 Å². The first-order chi connectivity index (χ1) is 13.9. The van der Waals surface area contributed by atoms with Crippen molar-refractivity contribution in [2.45, 2.75) is 44.9 Å². The lowest BCUT2D eigenvalue weighted by Crippen LogP contribution is -2.46. The Kier molecular flexibility index (Phi) is 5.35. The van der Waals surface area contributed by atoms with Crippen LogP contribution in [0.1, 0.15) is 32.3 Å². The zero-order valence-electron chi connectivity index (χ0n) is 16.8. The summed E-state index contributed by atoms with van der Waals surface area (Å²) in [5.74, 6) is 1.68. The van der Waals surface area contributed by atoms with Crippen LogP contribution in [-0.4, -0.2) is 45.0 Å². The number of rotatable bonds is 6. The van der Waals surface area contributed by atoms with E-state index in [0.29, 0.717) is 6.54 Å². The van der Waals surface area contributed by atoms with Gasteiger partial charge in [-0.15, -0.1) is 0 Å². The van der Waals surface area contributed by atoms with E-state index in [2.05, 4.69) is 31.2 Å². The monoisotopic (exact) mass is 461 g/mol. The quantitative estimate of drug-likeness (QED) is 0.547. The number of aromatic nitrogens is 4. The van der Waals surface area contributed by atoms with Crippen molar-refractivity contribution in [3.05, 3.63) is 46.8 Å². The normalized spacial score (nSPS) is 17.1. The number of halogens is 1. The number of aliphatic hydroxyl groups is 1. The van der Waals surface area contributed by atoms with Crippen LogP contribution in [0.25, 0.3) is 5.65 Å². The van der Waals surface area contributed by atoms with Gasteiger partial charge in [0.15, 0.2) is 5.65 Å². The summed E-state index contributed by atoms with van der Waals surface area (Å²) in [5, 5.41) is 18.5. The number of fused-ring (bicyclic) bond motifs is 1. The Hall–Kier alpha value is -2.39. The molecule has 1 saturated heterocycles. The molecule has 0 spiro atoms. The van der Waals surface area contributed by atoms with E-state index in [0.717, 1.165) is 46.7 Å². The third-order valence-electron chi connectivity index (χ3n) is 5.30. The predicted molar refractivity (Wildman–Crippen MR) is 114 cm³/mol. The van der Waals surface area contributed by atoms with Crippen LogP contribution in [-0.2, 0) is 6.54 Å². The Morgan fingerprint density at radius 3 is 3.03 bits per heavy atom. The predicted octanol–water partition coefficient (Wildman–Crippen LogP) is 2.19. The lowest BCUT2D eigenvalue weighted by molar-refractivity contribution is -0.885. The number of nitrogens with zero attached hydrogens (tertiary/aromatic N) is 5. The average Bonchev–Trinajstić information content (AvgIpc) is 3.33. The molecule has 1 atom stereocenters. The van der Waals surface area contributed by atoms with Gasteiger partial charge >= 0.3 is 0 Å². The molecule has 0 unspecified atom stereocenters. The zero-order chi connectivity index (χ0) is 20.6. The summed E-state index contributed by atoms with van der Waals surface area (Å²) in [7, 11) is 1.63. The van der Waals surface area contributed by atoms with Gasteiger partial charge in [0.25, 0.3) is 0 Å². The highest BCUT2D eigenvalue weighted by Crippen LogP contribution is 2.33. The number of hydrogen-bond donors (Lipinski definition) is 2. The van der Waals surface area contributed by atoms with Gasteiger partial charge < -0.3 is 15.3 Å². The molecule has 0 bridgehead atoms. The molecule has 154 valence electrons. The Morgan fingerprint density at radius 2 is 2.28 bits per heavy atom. The number of pyridine rings is 1.